The Morgan fingerprint density at radius 3 is 2.64 bits per heavy atom. The van der Waals surface area contributed by atoms with Crippen molar-refractivity contribution in [2.24, 2.45) is 0 Å². The molecule has 0 spiro atoms. The largest absolute Gasteiger partial charge is 0.385 e. The van der Waals surface area contributed by atoms with Gasteiger partial charge < -0.3 is 15.4 Å². The van der Waals surface area contributed by atoms with Gasteiger partial charge in [-0.25, -0.2) is 0 Å². The van der Waals surface area contributed by atoms with Crippen molar-refractivity contribution in [2.75, 3.05) is 25.6 Å². The fourth-order valence-electron chi connectivity index (χ4n) is 2.50. The summed E-state index contributed by atoms with van der Waals surface area (Å²) in [6.45, 7) is 7.54. The highest BCUT2D eigenvalue weighted by molar-refractivity contribution is 5.92. The van der Waals surface area contributed by atoms with Gasteiger partial charge in [-0.2, -0.15) is 0 Å². The topological polar surface area (TPSA) is 76.1 Å². The summed E-state index contributed by atoms with van der Waals surface area (Å²) >= 11 is 0. The molecule has 0 radical (unpaired) electrons. The number of benzene rings is 1. The van der Waals surface area contributed by atoms with Gasteiger partial charge in [-0.05, 0) is 42.5 Å². The quantitative estimate of drug-likeness (QED) is 0.719. The van der Waals surface area contributed by atoms with Crippen LogP contribution in [0.4, 0.5) is 11.5 Å². The average molecular weight is 342 g/mol. The van der Waals surface area contributed by atoms with E-state index in [-0.39, 0.29) is 5.91 Å². The Balaban J connectivity index is 2.05. The van der Waals surface area contributed by atoms with E-state index in [4.69, 9.17) is 4.74 Å². The number of ether oxygens (including phenoxy) is 1. The Morgan fingerprint density at radius 1 is 1.20 bits per heavy atom. The summed E-state index contributed by atoms with van der Waals surface area (Å²) < 4.78 is 4.95. The van der Waals surface area contributed by atoms with E-state index in [9.17, 15) is 4.79 Å². The van der Waals surface area contributed by atoms with Crippen LogP contribution >= 0.6 is 0 Å². The van der Waals surface area contributed by atoms with E-state index in [1.54, 1.807) is 19.2 Å². The number of nitrogens with zero attached hydrogens (tertiary/aromatic N) is 2. The Morgan fingerprint density at radius 2 is 2.00 bits per heavy atom. The lowest BCUT2D eigenvalue weighted by molar-refractivity contribution is 0.0942. The van der Waals surface area contributed by atoms with Crippen molar-refractivity contribution in [1.82, 2.24) is 15.5 Å². The number of anilines is 2. The van der Waals surface area contributed by atoms with Crippen molar-refractivity contribution in [3.05, 3.63) is 47.2 Å². The number of hydrogen-bond donors (Lipinski definition) is 2. The molecule has 25 heavy (non-hydrogen) atoms. The number of aryl methyl sites for hydroxylation is 1. The highest BCUT2D eigenvalue weighted by Gasteiger charge is 2.11. The zero-order valence-corrected chi connectivity index (χ0v) is 15.3. The Bertz CT molecular complexity index is 699. The lowest BCUT2D eigenvalue weighted by Crippen LogP contribution is -2.26. The molecule has 0 saturated carbocycles. The maximum Gasteiger partial charge on any atom is 0.271 e. The van der Waals surface area contributed by atoms with Crippen LogP contribution in [0, 0.1) is 6.92 Å². The lowest BCUT2D eigenvalue weighted by Gasteiger charge is -2.16. The highest BCUT2D eigenvalue weighted by atomic mass is 16.5. The number of hydrogen-bond acceptors (Lipinski definition) is 5. The first-order chi connectivity index (χ1) is 12.0. The summed E-state index contributed by atoms with van der Waals surface area (Å²) in [5.74, 6) is 0.786. The number of nitrogens with one attached hydrogen (secondary N) is 2. The van der Waals surface area contributed by atoms with Crippen LogP contribution in [0.25, 0.3) is 0 Å². The lowest BCUT2D eigenvalue weighted by atomic mass is 9.98. The molecular weight excluding hydrogens is 316 g/mol. The van der Waals surface area contributed by atoms with Crippen LogP contribution in [-0.2, 0) is 4.74 Å². The molecule has 0 aliphatic rings. The number of methoxy groups -OCH3 is 1. The van der Waals surface area contributed by atoms with Crippen LogP contribution in [0.15, 0.2) is 30.3 Å². The molecule has 1 heterocycles. The van der Waals surface area contributed by atoms with Gasteiger partial charge >= 0.3 is 0 Å². The van der Waals surface area contributed by atoms with Gasteiger partial charge in [-0.3, -0.25) is 4.79 Å². The summed E-state index contributed by atoms with van der Waals surface area (Å²) in [7, 11) is 1.64. The molecule has 6 heteroatoms. The van der Waals surface area contributed by atoms with Gasteiger partial charge in [0, 0.05) is 25.9 Å². The zero-order chi connectivity index (χ0) is 18.2. The monoisotopic (exact) mass is 342 g/mol. The predicted molar refractivity (Wildman–Crippen MR) is 99.4 cm³/mol. The molecule has 134 valence electrons. The molecule has 0 aliphatic carbocycles. The van der Waals surface area contributed by atoms with Crippen LogP contribution in [-0.4, -0.2) is 36.4 Å². The maximum atomic E-state index is 12.0. The Labute approximate surface area is 149 Å². The normalized spacial score (nSPS) is 10.8. The van der Waals surface area contributed by atoms with Gasteiger partial charge in [0.2, 0.25) is 0 Å². The van der Waals surface area contributed by atoms with Crippen molar-refractivity contribution >= 4 is 17.4 Å². The maximum absolute atomic E-state index is 12.0. The van der Waals surface area contributed by atoms with Crippen molar-refractivity contribution in [1.29, 1.82) is 0 Å². The van der Waals surface area contributed by atoms with Gasteiger partial charge in [0.05, 0.1) is 0 Å². The van der Waals surface area contributed by atoms with Crippen molar-refractivity contribution in [2.45, 2.75) is 33.1 Å². The first-order valence-electron chi connectivity index (χ1n) is 8.50. The molecule has 2 rings (SSSR count). The van der Waals surface area contributed by atoms with Gasteiger partial charge in [-0.15, -0.1) is 10.2 Å². The van der Waals surface area contributed by atoms with E-state index in [0.717, 1.165) is 17.7 Å². The van der Waals surface area contributed by atoms with Crippen LogP contribution < -0.4 is 10.6 Å². The summed E-state index contributed by atoms with van der Waals surface area (Å²) in [4.78, 5) is 12.0. The van der Waals surface area contributed by atoms with Gasteiger partial charge in [-0.1, -0.05) is 32.0 Å². The second-order valence-electron chi connectivity index (χ2n) is 6.22. The SMILES string of the molecule is COCCCNC(=O)c1ccc(Nc2c(C)cccc2C(C)C)nn1. The van der Waals surface area contributed by atoms with E-state index in [1.165, 1.54) is 5.56 Å². The first-order valence-corrected chi connectivity index (χ1v) is 8.50. The van der Waals surface area contributed by atoms with E-state index in [2.05, 4.69) is 59.8 Å². The third-order valence-electron chi connectivity index (χ3n) is 3.89. The van der Waals surface area contributed by atoms with Crippen LogP contribution in [0.1, 0.15) is 47.8 Å². The van der Waals surface area contributed by atoms with Crippen molar-refractivity contribution in [3.8, 4) is 0 Å². The predicted octanol–water partition coefficient (Wildman–Crippen LogP) is 3.42. The molecule has 2 aromatic rings. The minimum absolute atomic E-state index is 0.228. The van der Waals surface area contributed by atoms with Crippen molar-refractivity contribution < 1.29 is 9.53 Å². The molecule has 0 bridgehead atoms. The van der Waals surface area contributed by atoms with Crippen LogP contribution in [0.5, 0.6) is 0 Å². The molecule has 0 aliphatic heterocycles. The van der Waals surface area contributed by atoms with Crippen LogP contribution in [0.2, 0.25) is 0 Å². The second-order valence-corrected chi connectivity index (χ2v) is 6.22. The molecule has 0 unspecified atom stereocenters. The standard InChI is InChI=1S/C19H26N4O2/c1-13(2)15-8-5-7-14(3)18(15)21-17-10-9-16(22-23-17)19(24)20-11-6-12-25-4/h5,7-10,13H,6,11-12H2,1-4H3,(H,20,24)(H,21,23). The fourth-order valence-corrected chi connectivity index (χ4v) is 2.50. The molecule has 0 saturated heterocycles. The average Bonchev–Trinajstić information content (AvgIpc) is 2.60. The van der Waals surface area contributed by atoms with E-state index in [1.807, 2.05) is 0 Å². The third-order valence-corrected chi connectivity index (χ3v) is 3.89. The first kappa shape index (κ1) is 18.9. The molecule has 6 nitrogen and oxygen atoms in total. The van der Waals surface area contributed by atoms with E-state index in [0.29, 0.717) is 30.6 Å². The summed E-state index contributed by atoms with van der Waals surface area (Å²) in [5.41, 5.74) is 3.72. The molecular formula is C19H26N4O2. The number of amides is 1. The molecule has 1 amide bonds. The van der Waals surface area contributed by atoms with Crippen LogP contribution in [0.3, 0.4) is 0 Å². The minimum Gasteiger partial charge on any atom is -0.385 e. The van der Waals surface area contributed by atoms with Gasteiger partial charge in [0.1, 0.15) is 0 Å². The van der Waals surface area contributed by atoms with Gasteiger partial charge in [0.15, 0.2) is 11.5 Å². The fraction of sp³-hybridized carbons (Fsp3) is 0.421. The highest BCUT2D eigenvalue weighted by Crippen LogP contribution is 2.29. The van der Waals surface area contributed by atoms with Gasteiger partial charge in [0.25, 0.3) is 5.91 Å². The number of rotatable bonds is 8. The molecule has 0 atom stereocenters. The van der Waals surface area contributed by atoms with Crippen molar-refractivity contribution in [3.63, 3.8) is 0 Å². The minimum atomic E-state index is -0.228. The number of carbonyl (C=O) groups excluding carboxylic acids is 1. The zero-order valence-electron chi connectivity index (χ0n) is 15.3. The smallest absolute Gasteiger partial charge is 0.271 e. The Hall–Kier alpha value is -2.47. The van der Waals surface area contributed by atoms with E-state index < -0.39 is 0 Å². The summed E-state index contributed by atoms with van der Waals surface area (Å²) in [6.07, 6.45) is 0.764. The third kappa shape index (κ3) is 5.26. The number of aromatic nitrogens is 2. The number of para-hydroxylation sites is 1. The van der Waals surface area contributed by atoms with E-state index >= 15 is 0 Å². The molecule has 1 aromatic heterocycles. The summed E-state index contributed by atoms with van der Waals surface area (Å²) in [5, 5.41) is 14.3. The molecule has 1 aromatic carbocycles. The molecule has 2 N–H and O–H groups in total. The Kier molecular flexibility index (Phi) is 6.89. The second kappa shape index (κ2) is 9.13. The molecule has 0 fully saturated rings. The summed E-state index contributed by atoms with van der Waals surface area (Å²) in [6, 6.07) is 9.67. The number of carbonyl (C=O) groups is 1.